The zero-order valence-electron chi connectivity index (χ0n) is 12.8. The molecule has 1 aromatic carbocycles. The maximum absolute atomic E-state index is 14.0. The molecule has 5 heteroatoms. The molecule has 0 unspecified atom stereocenters. The van der Waals surface area contributed by atoms with Crippen LogP contribution < -0.4 is 5.32 Å². The molecule has 0 radical (unpaired) electrons. The first kappa shape index (κ1) is 15.8. The number of alkyl halides is 1. The quantitative estimate of drug-likeness (QED) is 0.932. The van der Waals surface area contributed by atoms with Crippen molar-refractivity contribution in [2.75, 3.05) is 13.1 Å². The molecule has 0 aromatic heterocycles. The Morgan fingerprint density at radius 1 is 1.33 bits per heavy atom. The summed E-state index contributed by atoms with van der Waals surface area (Å²) in [5, 5.41) is 3.17. The van der Waals surface area contributed by atoms with Crippen LogP contribution in [0.4, 0.5) is 9.18 Å². The van der Waals surface area contributed by atoms with E-state index in [9.17, 15) is 9.18 Å². The van der Waals surface area contributed by atoms with E-state index < -0.39 is 17.9 Å². The van der Waals surface area contributed by atoms with E-state index in [-0.39, 0.29) is 12.6 Å². The largest absolute Gasteiger partial charge is 0.444 e. The van der Waals surface area contributed by atoms with Gasteiger partial charge in [0.2, 0.25) is 0 Å². The zero-order chi connectivity index (χ0) is 15.5. The van der Waals surface area contributed by atoms with Crippen LogP contribution in [0.25, 0.3) is 0 Å². The maximum Gasteiger partial charge on any atom is 0.410 e. The molecule has 1 fully saturated rings. The molecule has 2 rings (SSSR count). The van der Waals surface area contributed by atoms with Gasteiger partial charge in [0.15, 0.2) is 0 Å². The van der Waals surface area contributed by atoms with Crippen molar-refractivity contribution in [1.82, 2.24) is 10.2 Å². The highest BCUT2D eigenvalue weighted by atomic mass is 19.1. The molecule has 1 aromatic rings. The summed E-state index contributed by atoms with van der Waals surface area (Å²) in [5.74, 6) is 0. The number of hydrogen-bond donors (Lipinski definition) is 1. The second-order valence-corrected chi connectivity index (χ2v) is 6.37. The van der Waals surface area contributed by atoms with Crippen LogP contribution in [0.15, 0.2) is 30.3 Å². The minimum absolute atomic E-state index is 0.0847. The minimum Gasteiger partial charge on any atom is -0.444 e. The molecular weight excluding hydrogens is 271 g/mol. The molecule has 1 amide bonds. The van der Waals surface area contributed by atoms with Crippen molar-refractivity contribution in [1.29, 1.82) is 0 Å². The average Bonchev–Trinajstić information content (AvgIpc) is 2.77. The summed E-state index contributed by atoms with van der Waals surface area (Å²) >= 11 is 0. The summed E-state index contributed by atoms with van der Waals surface area (Å²) in [6.45, 7) is 6.43. The van der Waals surface area contributed by atoms with Crippen LogP contribution in [0.1, 0.15) is 26.3 Å². The van der Waals surface area contributed by atoms with Gasteiger partial charge in [-0.15, -0.1) is 0 Å². The molecule has 116 valence electrons. The first-order valence-corrected chi connectivity index (χ1v) is 7.24. The van der Waals surface area contributed by atoms with E-state index in [0.29, 0.717) is 13.1 Å². The van der Waals surface area contributed by atoms with Gasteiger partial charge in [-0.05, 0) is 26.3 Å². The fourth-order valence-electron chi connectivity index (χ4n) is 2.28. The number of amides is 1. The van der Waals surface area contributed by atoms with Gasteiger partial charge in [0.05, 0.1) is 12.6 Å². The van der Waals surface area contributed by atoms with Gasteiger partial charge in [-0.3, -0.25) is 0 Å². The van der Waals surface area contributed by atoms with Gasteiger partial charge in [0.1, 0.15) is 11.8 Å². The molecule has 1 aliphatic rings. The zero-order valence-corrected chi connectivity index (χ0v) is 12.8. The average molecular weight is 294 g/mol. The summed E-state index contributed by atoms with van der Waals surface area (Å²) in [7, 11) is 0. The van der Waals surface area contributed by atoms with E-state index in [1.165, 1.54) is 4.90 Å². The lowest BCUT2D eigenvalue weighted by Crippen LogP contribution is -2.39. The molecule has 1 aliphatic heterocycles. The number of nitrogens with zero attached hydrogens (tertiary/aromatic N) is 1. The van der Waals surface area contributed by atoms with Crippen molar-refractivity contribution >= 4 is 6.09 Å². The lowest BCUT2D eigenvalue weighted by molar-refractivity contribution is 0.0282. The van der Waals surface area contributed by atoms with E-state index in [1.807, 2.05) is 30.3 Å². The molecule has 0 aliphatic carbocycles. The summed E-state index contributed by atoms with van der Waals surface area (Å²) in [4.78, 5) is 13.4. The lowest BCUT2D eigenvalue weighted by atomic mass is 10.2. The van der Waals surface area contributed by atoms with Crippen LogP contribution in [-0.4, -0.2) is 41.9 Å². The SMILES string of the molecule is CC(C)(C)OC(=O)N1C[C@H](NCc2ccccc2)[C@@H](F)C1. The number of rotatable bonds is 3. The first-order valence-electron chi connectivity index (χ1n) is 7.24. The number of benzene rings is 1. The molecule has 1 N–H and O–H groups in total. The van der Waals surface area contributed by atoms with E-state index in [2.05, 4.69) is 5.32 Å². The van der Waals surface area contributed by atoms with Gasteiger partial charge in [-0.25, -0.2) is 9.18 Å². The van der Waals surface area contributed by atoms with Crippen molar-refractivity contribution in [3.63, 3.8) is 0 Å². The van der Waals surface area contributed by atoms with Crippen LogP contribution in [0.2, 0.25) is 0 Å². The van der Waals surface area contributed by atoms with Crippen LogP contribution in [0.3, 0.4) is 0 Å². The number of hydrogen-bond acceptors (Lipinski definition) is 3. The van der Waals surface area contributed by atoms with E-state index in [4.69, 9.17) is 4.74 Å². The molecule has 21 heavy (non-hydrogen) atoms. The third-order valence-corrected chi connectivity index (χ3v) is 3.31. The van der Waals surface area contributed by atoms with Crippen molar-refractivity contribution in [2.24, 2.45) is 0 Å². The van der Waals surface area contributed by atoms with Crippen molar-refractivity contribution in [3.8, 4) is 0 Å². The highest BCUT2D eigenvalue weighted by molar-refractivity contribution is 5.68. The predicted octanol–water partition coefficient (Wildman–Crippen LogP) is 2.73. The van der Waals surface area contributed by atoms with Crippen molar-refractivity contribution in [2.45, 2.75) is 45.1 Å². The minimum atomic E-state index is -1.07. The third kappa shape index (κ3) is 4.70. The Bertz CT molecular complexity index is 473. The monoisotopic (exact) mass is 294 g/mol. The predicted molar refractivity (Wildman–Crippen MR) is 79.8 cm³/mol. The van der Waals surface area contributed by atoms with Gasteiger partial charge in [0.25, 0.3) is 0 Å². The van der Waals surface area contributed by atoms with Crippen LogP contribution in [-0.2, 0) is 11.3 Å². The molecule has 1 saturated heterocycles. The van der Waals surface area contributed by atoms with Gasteiger partial charge >= 0.3 is 6.09 Å². The molecular formula is C16H23FN2O2. The fraction of sp³-hybridized carbons (Fsp3) is 0.562. The molecule has 1 heterocycles. The lowest BCUT2D eigenvalue weighted by Gasteiger charge is -2.24. The Hall–Kier alpha value is -1.62. The number of nitrogens with one attached hydrogen (secondary N) is 1. The topological polar surface area (TPSA) is 41.6 Å². The molecule has 4 nitrogen and oxygen atoms in total. The van der Waals surface area contributed by atoms with Gasteiger partial charge in [-0.1, -0.05) is 30.3 Å². The van der Waals surface area contributed by atoms with Gasteiger partial charge in [0, 0.05) is 13.1 Å². The number of likely N-dealkylation sites (tertiary alicyclic amines) is 1. The van der Waals surface area contributed by atoms with Crippen LogP contribution in [0.5, 0.6) is 0 Å². The maximum atomic E-state index is 14.0. The Labute approximate surface area is 125 Å². The number of ether oxygens (including phenoxy) is 1. The van der Waals surface area contributed by atoms with E-state index >= 15 is 0 Å². The van der Waals surface area contributed by atoms with Crippen molar-refractivity contribution in [3.05, 3.63) is 35.9 Å². The highest BCUT2D eigenvalue weighted by Crippen LogP contribution is 2.18. The normalized spacial score (nSPS) is 22.4. The van der Waals surface area contributed by atoms with Crippen LogP contribution in [0, 0.1) is 0 Å². The number of carbonyl (C=O) groups excluding carboxylic acids is 1. The first-order chi connectivity index (χ1) is 9.85. The second kappa shape index (κ2) is 6.43. The van der Waals surface area contributed by atoms with E-state index in [1.54, 1.807) is 20.8 Å². The van der Waals surface area contributed by atoms with Crippen LogP contribution >= 0.6 is 0 Å². The smallest absolute Gasteiger partial charge is 0.410 e. The fourth-order valence-corrected chi connectivity index (χ4v) is 2.28. The summed E-state index contributed by atoms with van der Waals surface area (Å²) in [6.07, 6.45) is -1.52. The molecule has 0 saturated carbocycles. The highest BCUT2D eigenvalue weighted by Gasteiger charge is 2.36. The number of carbonyl (C=O) groups is 1. The second-order valence-electron chi connectivity index (χ2n) is 6.37. The molecule has 2 atom stereocenters. The number of halogens is 1. The van der Waals surface area contributed by atoms with E-state index in [0.717, 1.165) is 5.56 Å². The third-order valence-electron chi connectivity index (χ3n) is 3.31. The Morgan fingerprint density at radius 2 is 2.00 bits per heavy atom. The van der Waals surface area contributed by atoms with Crippen molar-refractivity contribution < 1.29 is 13.9 Å². The molecule has 0 bridgehead atoms. The summed E-state index contributed by atoms with van der Waals surface area (Å²) in [5.41, 5.74) is 0.541. The summed E-state index contributed by atoms with van der Waals surface area (Å²) < 4.78 is 19.3. The standard InChI is InChI=1S/C16H23FN2O2/c1-16(2,3)21-15(20)19-10-13(17)14(11-19)18-9-12-7-5-4-6-8-12/h4-8,13-14,18H,9-11H2,1-3H3/t13-,14-/m0/s1. The molecule has 0 spiro atoms. The Kier molecular flexibility index (Phi) is 4.83. The Balaban J connectivity index is 1.85. The van der Waals surface area contributed by atoms with Gasteiger partial charge in [-0.2, -0.15) is 0 Å². The summed E-state index contributed by atoms with van der Waals surface area (Å²) in [6, 6.07) is 9.47. The Morgan fingerprint density at radius 3 is 2.62 bits per heavy atom. The van der Waals surface area contributed by atoms with Gasteiger partial charge < -0.3 is 15.0 Å².